The molecule has 0 aliphatic carbocycles. The number of ether oxygens (including phenoxy) is 3. The lowest BCUT2D eigenvalue weighted by atomic mass is 10.1. The summed E-state index contributed by atoms with van der Waals surface area (Å²) >= 11 is 0. The molecule has 37 heavy (non-hydrogen) atoms. The number of methoxy groups -OCH3 is 1. The quantitative estimate of drug-likeness (QED) is 0.242. The Balaban J connectivity index is 1.45. The molecular weight excluding hydrogens is 479 g/mol. The number of carboxylic acids is 1. The van der Waals surface area contributed by atoms with Gasteiger partial charge in [-0.2, -0.15) is 4.98 Å². The summed E-state index contributed by atoms with van der Waals surface area (Å²) in [6.07, 6.45) is 0.391. The first kappa shape index (κ1) is 25.8. The van der Waals surface area contributed by atoms with Gasteiger partial charge in [0.25, 0.3) is 6.01 Å². The minimum atomic E-state index is -1.02. The van der Waals surface area contributed by atoms with E-state index in [1.807, 2.05) is 41.3 Å². The molecular formula is C28H29FN2O6. The van der Waals surface area contributed by atoms with E-state index in [1.165, 1.54) is 19.1 Å². The van der Waals surface area contributed by atoms with Crippen LogP contribution < -0.4 is 19.1 Å². The number of carbonyl (C=O) groups is 1. The summed E-state index contributed by atoms with van der Waals surface area (Å²) in [6, 6.07) is 19.3. The van der Waals surface area contributed by atoms with E-state index < -0.39 is 12.1 Å². The molecule has 194 valence electrons. The molecule has 4 rings (SSSR count). The standard InChI is InChI=1S/C28H29FN2O6/c1-19(27(32)33)36-24-6-3-5-20(17-24)13-15-31(14-4-16-35-22-9-7-21(29)8-10-22)28-30-25-18-23(34-2)11-12-26(25)37-28/h3,5-12,17-19H,4,13-16H2,1-2H3,(H,32,33). The Morgan fingerprint density at radius 2 is 1.84 bits per heavy atom. The molecule has 0 amide bonds. The Morgan fingerprint density at radius 1 is 1.05 bits per heavy atom. The number of carboxylic acid groups (broad SMARTS) is 1. The fraction of sp³-hybridized carbons (Fsp3) is 0.286. The van der Waals surface area contributed by atoms with Crippen LogP contribution in [0.3, 0.4) is 0 Å². The van der Waals surface area contributed by atoms with Crippen LogP contribution in [-0.4, -0.2) is 49.0 Å². The second kappa shape index (κ2) is 12.1. The molecule has 0 saturated carbocycles. The van der Waals surface area contributed by atoms with E-state index in [1.54, 1.807) is 25.3 Å². The van der Waals surface area contributed by atoms with Crippen molar-refractivity contribution in [2.45, 2.75) is 25.9 Å². The van der Waals surface area contributed by atoms with Gasteiger partial charge in [0, 0.05) is 19.2 Å². The lowest BCUT2D eigenvalue weighted by molar-refractivity contribution is -0.144. The fourth-order valence-electron chi connectivity index (χ4n) is 3.73. The van der Waals surface area contributed by atoms with E-state index >= 15 is 0 Å². The van der Waals surface area contributed by atoms with Crippen molar-refractivity contribution in [1.29, 1.82) is 0 Å². The van der Waals surface area contributed by atoms with E-state index in [-0.39, 0.29) is 5.82 Å². The molecule has 9 heteroatoms. The summed E-state index contributed by atoms with van der Waals surface area (Å²) < 4.78 is 35.7. The van der Waals surface area contributed by atoms with Gasteiger partial charge in [0.2, 0.25) is 0 Å². The van der Waals surface area contributed by atoms with Crippen LogP contribution in [0.1, 0.15) is 18.9 Å². The third kappa shape index (κ3) is 7.13. The number of halogens is 1. The summed E-state index contributed by atoms with van der Waals surface area (Å²) in [5.74, 6) is 0.471. The van der Waals surface area contributed by atoms with Crippen LogP contribution in [0.5, 0.6) is 17.2 Å². The van der Waals surface area contributed by atoms with Crippen LogP contribution in [0.2, 0.25) is 0 Å². The SMILES string of the molecule is COc1ccc2oc(N(CCCOc3ccc(F)cc3)CCc3cccc(OC(C)C(=O)O)c3)nc2c1. The normalized spacial score (nSPS) is 11.8. The third-order valence-corrected chi connectivity index (χ3v) is 5.74. The van der Waals surface area contributed by atoms with Crippen molar-refractivity contribution in [1.82, 2.24) is 4.98 Å². The van der Waals surface area contributed by atoms with Gasteiger partial charge in [-0.05, 0) is 73.9 Å². The molecule has 3 aromatic carbocycles. The van der Waals surface area contributed by atoms with Gasteiger partial charge >= 0.3 is 5.97 Å². The zero-order valence-electron chi connectivity index (χ0n) is 20.7. The molecule has 8 nitrogen and oxygen atoms in total. The fourth-order valence-corrected chi connectivity index (χ4v) is 3.73. The highest BCUT2D eigenvalue weighted by atomic mass is 19.1. The van der Waals surface area contributed by atoms with Crippen molar-refractivity contribution in [3.8, 4) is 17.2 Å². The number of benzene rings is 3. The van der Waals surface area contributed by atoms with Gasteiger partial charge in [0.1, 0.15) is 28.6 Å². The number of fused-ring (bicyclic) bond motifs is 1. The second-order valence-electron chi connectivity index (χ2n) is 8.47. The molecule has 1 heterocycles. The summed E-state index contributed by atoms with van der Waals surface area (Å²) in [4.78, 5) is 17.8. The van der Waals surface area contributed by atoms with Gasteiger partial charge < -0.3 is 28.6 Å². The molecule has 1 unspecified atom stereocenters. The van der Waals surface area contributed by atoms with E-state index in [4.69, 9.17) is 23.7 Å². The molecule has 0 aliphatic heterocycles. The predicted octanol–water partition coefficient (Wildman–Crippen LogP) is 5.35. The molecule has 0 saturated heterocycles. The largest absolute Gasteiger partial charge is 0.497 e. The van der Waals surface area contributed by atoms with Crippen LogP contribution in [0.15, 0.2) is 71.1 Å². The summed E-state index contributed by atoms with van der Waals surface area (Å²) in [5.41, 5.74) is 2.34. The molecule has 0 spiro atoms. The van der Waals surface area contributed by atoms with Crippen molar-refractivity contribution < 1.29 is 32.9 Å². The van der Waals surface area contributed by atoms with E-state index in [2.05, 4.69) is 4.98 Å². The first-order chi connectivity index (χ1) is 17.9. The highest BCUT2D eigenvalue weighted by Crippen LogP contribution is 2.26. The van der Waals surface area contributed by atoms with E-state index in [0.717, 1.165) is 5.56 Å². The van der Waals surface area contributed by atoms with Crippen LogP contribution in [0.25, 0.3) is 11.1 Å². The Bertz CT molecular complexity index is 1320. The lowest BCUT2D eigenvalue weighted by Crippen LogP contribution is -2.28. The van der Waals surface area contributed by atoms with Gasteiger partial charge in [-0.3, -0.25) is 0 Å². The average Bonchev–Trinajstić information content (AvgIpc) is 3.32. The van der Waals surface area contributed by atoms with Crippen molar-refractivity contribution in [2.75, 3.05) is 31.7 Å². The lowest BCUT2D eigenvalue weighted by Gasteiger charge is -2.21. The Morgan fingerprint density at radius 3 is 2.59 bits per heavy atom. The predicted molar refractivity (Wildman–Crippen MR) is 137 cm³/mol. The van der Waals surface area contributed by atoms with Crippen LogP contribution >= 0.6 is 0 Å². The molecule has 1 aromatic heterocycles. The van der Waals surface area contributed by atoms with Gasteiger partial charge in [-0.1, -0.05) is 12.1 Å². The number of nitrogens with zero attached hydrogens (tertiary/aromatic N) is 2. The Labute approximate surface area is 214 Å². The van der Waals surface area contributed by atoms with Crippen molar-refractivity contribution in [2.24, 2.45) is 0 Å². The molecule has 1 atom stereocenters. The van der Waals surface area contributed by atoms with Crippen LogP contribution in [0, 0.1) is 5.82 Å². The highest BCUT2D eigenvalue weighted by Gasteiger charge is 2.16. The average molecular weight is 509 g/mol. The summed E-state index contributed by atoms with van der Waals surface area (Å²) in [5, 5.41) is 9.11. The minimum Gasteiger partial charge on any atom is -0.497 e. The van der Waals surface area contributed by atoms with Gasteiger partial charge in [-0.15, -0.1) is 0 Å². The Kier molecular flexibility index (Phi) is 8.45. The number of hydrogen-bond acceptors (Lipinski definition) is 7. The monoisotopic (exact) mass is 508 g/mol. The second-order valence-corrected chi connectivity index (χ2v) is 8.47. The number of aliphatic carboxylic acids is 1. The number of aromatic nitrogens is 1. The topological polar surface area (TPSA) is 94.3 Å². The Hall–Kier alpha value is -4.27. The number of rotatable bonds is 13. The van der Waals surface area contributed by atoms with Crippen molar-refractivity contribution >= 4 is 23.1 Å². The summed E-state index contributed by atoms with van der Waals surface area (Å²) in [6.45, 7) is 3.13. The van der Waals surface area contributed by atoms with E-state index in [0.29, 0.717) is 66.9 Å². The van der Waals surface area contributed by atoms with Crippen LogP contribution in [-0.2, 0) is 11.2 Å². The van der Waals surface area contributed by atoms with Gasteiger partial charge in [-0.25, -0.2) is 9.18 Å². The molecule has 0 radical (unpaired) electrons. The van der Waals surface area contributed by atoms with Gasteiger partial charge in [0.15, 0.2) is 11.7 Å². The van der Waals surface area contributed by atoms with Gasteiger partial charge in [0.05, 0.1) is 13.7 Å². The zero-order valence-corrected chi connectivity index (χ0v) is 20.7. The first-order valence-corrected chi connectivity index (χ1v) is 12.0. The molecule has 0 aliphatic rings. The number of hydrogen-bond donors (Lipinski definition) is 1. The van der Waals surface area contributed by atoms with Crippen LogP contribution in [0.4, 0.5) is 10.4 Å². The van der Waals surface area contributed by atoms with Crippen molar-refractivity contribution in [3.05, 3.63) is 78.1 Å². The molecule has 1 N–H and O–H groups in total. The minimum absolute atomic E-state index is 0.307. The van der Waals surface area contributed by atoms with Crippen molar-refractivity contribution in [3.63, 3.8) is 0 Å². The maximum absolute atomic E-state index is 13.1. The first-order valence-electron chi connectivity index (χ1n) is 12.0. The van der Waals surface area contributed by atoms with E-state index in [9.17, 15) is 9.18 Å². The maximum Gasteiger partial charge on any atom is 0.344 e. The molecule has 0 fully saturated rings. The smallest absolute Gasteiger partial charge is 0.344 e. The molecule has 4 aromatic rings. The highest BCUT2D eigenvalue weighted by molar-refractivity contribution is 5.76. The number of anilines is 1. The summed E-state index contributed by atoms with van der Waals surface area (Å²) in [7, 11) is 1.60. The maximum atomic E-state index is 13.1. The molecule has 0 bridgehead atoms. The zero-order chi connectivity index (χ0) is 26.2. The third-order valence-electron chi connectivity index (χ3n) is 5.74. The number of oxazole rings is 1.